The van der Waals surface area contributed by atoms with Gasteiger partial charge in [-0.05, 0) is 19.3 Å². The van der Waals surface area contributed by atoms with Crippen molar-refractivity contribution in [3.63, 3.8) is 0 Å². The summed E-state index contributed by atoms with van der Waals surface area (Å²) in [5, 5.41) is 11.6. The maximum atomic E-state index is 11.7. The number of likely N-dealkylation sites (tertiary alicyclic amines) is 1. The zero-order chi connectivity index (χ0) is 11.5. The number of aliphatic carboxylic acids is 1. The fourth-order valence-electron chi connectivity index (χ4n) is 2.16. The van der Waals surface area contributed by atoms with E-state index >= 15 is 0 Å². The Kier molecular flexibility index (Phi) is 3.12. The fourth-order valence-corrected chi connectivity index (χ4v) is 2.16. The zero-order valence-electron chi connectivity index (χ0n) is 9.06. The summed E-state index contributed by atoms with van der Waals surface area (Å²) in [6.45, 7) is 1.62. The minimum atomic E-state index is -0.825. The summed E-state index contributed by atoms with van der Waals surface area (Å²) in [5.41, 5.74) is 0. The highest BCUT2D eigenvalue weighted by atomic mass is 16.4. The monoisotopic (exact) mass is 224 g/mol. The topological polar surface area (TPSA) is 69.6 Å². The number of nitrogens with one attached hydrogen (secondary N) is 1. The SMILES string of the molecule is O=C(O)C1C=CC(NC(=O)N2CCCC2)C1. The average molecular weight is 224 g/mol. The van der Waals surface area contributed by atoms with Crippen LogP contribution in [0.25, 0.3) is 0 Å². The van der Waals surface area contributed by atoms with Gasteiger partial charge in [-0.1, -0.05) is 12.2 Å². The lowest BCUT2D eigenvalue weighted by atomic mass is 10.1. The predicted octanol–water partition coefficient (Wildman–Crippen LogP) is 0.821. The van der Waals surface area contributed by atoms with Crippen LogP contribution in [0.4, 0.5) is 4.79 Å². The molecule has 0 bridgehead atoms. The highest BCUT2D eigenvalue weighted by Crippen LogP contribution is 2.18. The first kappa shape index (κ1) is 11.0. The van der Waals surface area contributed by atoms with Crippen LogP contribution in [0.2, 0.25) is 0 Å². The molecule has 0 aromatic heterocycles. The lowest BCUT2D eigenvalue weighted by molar-refractivity contribution is -0.140. The highest BCUT2D eigenvalue weighted by Gasteiger charge is 2.27. The van der Waals surface area contributed by atoms with E-state index in [1.54, 1.807) is 17.1 Å². The Bertz CT molecular complexity index is 321. The molecule has 2 amide bonds. The number of hydrogen-bond acceptors (Lipinski definition) is 2. The van der Waals surface area contributed by atoms with Gasteiger partial charge in [0.05, 0.1) is 12.0 Å². The molecule has 2 unspecified atom stereocenters. The van der Waals surface area contributed by atoms with Crippen LogP contribution < -0.4 is 5.32 Å². The molecule has 5 nitrogen and oxygen atoms in total. The van der Waals surface area contributed by atoms with Crippen molar-refractivity contribution in [3.05, 3.63) is 12.2 Å². The number of carbonyl (C=O) groups is 2. The number of nitrogens with zero attached hydrogens (tertiary/aromatic N) is 1. The van der Waals surface area contributed by atoms with Crippen molar-refractivity contribution in [1.29, 1.82) is 0 Å². The van der Waals surface area contributed by atoms with Crippen LogP contribution in [0.5, 0.6) is 0 Å². The predicted molar refractivity (Wildman–Crippen MR) is 58.0 cm³/mol. The average Bonchev–Trinajstić information content (AvgIpc) is 2.87. The third-order valence-electron chi connectivity index (χ3n) is 3.10. The molecule has 88 valence electrons. The molecular formula is C11H16N2O3. The molecule has 0 aromatic rings. The molecule has 0 saturated carbocycles. The number of rotatable bonds is 2. The molecule has 1 heterocycles. The summed E-state index contributed by atoms with van der Waals surface area (Å²) in [6.07, 6.45) is 6.01. The molecule has 5 heteroatoms. The van der Waals surface area contributed by atoms with E-state index < -0.39 is 11.9 Å². The van der Waals surface area contributed by atoms with Gasteiger partial charge in [0.25, 0.3) is 0 Å². The number of carboxylic acid groups (broad SMARTS) is 1. The second-order valence-electron chi connectivity index (χ2n) is 4.32. The van der Waals surface area contributed by atoms with E-state index in [-0.39, 0.29) is 12.1 Å². The summed E-state index contributed by atoms with van der Waals surface area (Å²) in [6, 6.07) is -0.201. The molecule has 2 atom stereocenters. The molecule has 1 aliphatic carbocycles. The maximum absolute atomic E-state index is 11.7. The van der Waals surface area contributed by atoms with Gasteiger partial charge in [0.2, 0.25) is 0 Å². The van der Waals surface area contributed by atoms with Gasteiger partial charge in [-0.3, -0.25) is 4.79 Å². The zero-order valence-corrected chi connectivity index (χ0v) is 9.06. The van der Waals surface area contributed by atoms with Crippen LogP contribution >= 0.6 is 0 Å². The largest absolute Gasteiger partial charge is 0.481 e. The first-order valence-electron chi connectivity index (χ1n) is 5.63. The summed E-state index contributed by atoms with van der Waals surface area (Å²) in [7, 11) is 0. The van der Waals surface area contributed by atoms with Crippen molar-refractivity contribution in [1.82, 2.24) is 10.2 Å². The van der Waals surface area contributed by atoms with E-state index in [0.717, 1.165) is 25.9 Å². The Labute approximate surface area is 94.1 Å². The van der Waals surface area contributed by atoms with Gasteiger partial charge >= 0.3 is 12.0 Å². The summed E-state index contributed by atoms with van der Waals surface area (Å²) in [4.78, 5) is 24.2. The highest BCUT2D eigenvalue weighted by molar-refractivity contribution is 5.76. The summed E-state index contributed by atoms with van der Waals surface area (Å²) >= 11 is 0. The quantitative estimate of drug-likeness (QED) is 0.682. The van der Waals surface area contributed by atoms with E-state index in [9.17, 15) is 9.59 Å². The second-order valence-corrected chi connectivity index (χ2v) is 4.32. The number of hydrogen-bond donors (Lipinski definition) is 2. The van der Waals surface area contributed by atoms with Gasteiger partial charge in [0.15, 0.2) is 0 Å². The van der Waals surface area contributed by atoms with E-state index in [2.05, 4.69) is 5.32 Å². The van der Waals surface area contributed by atoms with Gasteiger partial charge in [0.1, 0.15) is 0 Å². The van der Waals surface area contributed by atoms with Crippen LogP contribution in [0.1, 0.15) is 19.3 Å². The van der Waals surface area contributed by atoms with E-state index in [0.29, 0.717) is 6.42 Å². The summed E-state index contributed by atoms with van der Waals surface area (Å²) < 4.78 is 0. The molecule has 0 radical (unpaired) electrons. The Morgan fingerprint density at radius 1 is 1.25 bits per heavy atom. The first-order valence-corrected chi connectivity index (χ1v) is 5.63. The van der Waals surface area contributed by atoms with Crippen LogP contribution in [-0.4, -0.2) is 41.1 Å². The molecule has 2 N–H and O–H groups in total. The molecule has 2 rings (SSSR count). The first-order chi connectivity index (χ1) is 7.66. The van der Waals surface area contributed by atoms with Crippen LogP contribution in [0.15, 0.2) is 12.2 Å². The number of carbonyl (C=O) groups excluding carboxylic acids is 1. The Morgan fingerprint density at radius 2 is 1.94 bits per heavy atom. The van der Waals surface area contributed by atoms with Crippen molar-refractivity contribution in [3.8, 4) is 0 Å². The number of amides is 2. The smallest absolute Gasteiger partial charge is 0.317 e. The van der Waals surface area contributed by atoms with Gasteiger partial charge < -0.3 is 15.3 Å². The number of urea groups is 1. The minimum Gasteiger partial charge on any atom is -0.481 e. The molecule has 2 aliphatic rings. The van der Waals surface area contributed by atoms with Crippen LogP contribution in [0.3, 0.4) is 0 Å². The lowest BCUT2D eigenvalue weighted by Crippen LogP contribution is -2.42. The lowest BCUT2D eigenvalue weighted by Gasteiger charge is -2.19. The maximum Gasteiger partial charge on any atom is 0.317 e. The molecule has 1 saturated heterocycles. The molecule has 0 spiro atoms. The van der Waals surface area contributed by atoms with Crippen LogP contribution in [-0.2, 0) is 4.79 Å². The van der Waals surface area contributed by atoms with Crippen LogP contribution in [0, 0.1) is 5.92 Å². The van der Waals surface area contributed by atoms with Crippen molar-refractivity contribution >= 4 is 12.0 Å². The normalized spacial score (nSPS) is 28.4. The molecular weight excluding hydrogens is 208 g/mol. The Morgan fingerprint density at radius 3 is 2.50 bits per heavy atom. The molecule has 16 heavy (non-hydrogen) atoms. The summed E-state index contributed by atoms with van der Waals surface area (Å²) in [5.74, 6) is -1.28. The van der Waals surface area contributed by atoms with Gasteiger partial charge in [-0.2, -0.15) is 0 Å². The van der Waals surface area contributed by atoms with Crippen molar-refractivity contribution < 1.29 is 14.7 Å². The van der Waals surface area contributed by atoms with Crippen molar-refractivity contribution in [2.75, 3.05) is 13.1 Å². The van der Waals surface area contributed by atoms with E-state index in [4.69, 9.17) is 5.11 Å². The Balaban J connectivity index is 1.81. The van der Waals surface area contributed by atoms with Gasteiger partial charge in [-0.25, -0.2) is 4.79 Å². The third-order valence-corrected chi connectivity index (χ3v) is 3.10. The van der Waals surface area contributed by atoms with Crippen molar-refractivity contribution in [2.45, 2.75) is 25.3 Å². The van der Waals surface area contributed by atoms with Crippen molar-refractivity contribution in [2.24, 2.45) is 5.92 Å². The van der Waals surface area contributed by atoms with Gasteiger partial charge in [0, 0.05) is 13.1 Å². The van der Waals surface area contributed by atoms with E-state index in [1.807, 2.05) is 0 Å². The fraction of sp³-hybridized carbons (Fsp3) is 0.636. The van der Waals surface area contributed by atoms with E-state index in [1.165, 1.54) is 0 Å². The second kappa shape index (κ2) is 4.55. The molecule has 1 fully saturated rings. The Hall–Kier alpha value is -1.52. The standard InChI is InChI=1S/C11H16N2O3/c14-10(15)8-3-4-9(7-8)12-11(16)13-5-1-2-6-13/h3-4,8-9H,1-2,5-7H2,(H,12,16)(H,14,15). The number of carboxylic acids is 1. The molecule has 0 aromatic carbocycles. The van der Waals surface area contributed by atoms with Gasteiger partial charge in [-0.15, -0.1) is 0 Å². The molecule has 1 aliphatic heterocycles. The third kappa shape index (κ3) is 2.35. The minimum absolute atomic E-state index is 0.0711.